The fraction of sp³-hybridized carbons (Fsp3) is 0.875. The van der Waals surface area contributed by atoms with E-state index in [4.69, 9.17) is 0 Å². The average molecular weight is 140 g/mol. The van der Waals surface area contributed by atoms with Crippen molar-refractivity contribution in [3.63, 3.8) is 0 Å². The Morgan fingerprint density at radius 3 is 2.40 bits per heavy atom. The van der Waals surface area contributed by atoms with Gasteiger partial charge in [-0.15, -0.1) is 0 Å². The van der Waals surface area contributed by atoms with E-state index in [1.54, 1.807) is 6.41 Å². The molecule has 57 valence electrons. The predicted octanol–water partition coefficient (Wildman–Crippen LogP) is 1.22. The molecule has 1 saturated carbocycles. The first-order chi connectivity index (χ1) is 4.83. The zero-order valence-corrected chi connectivity index (χ0v) is 6.39. The van der Waals surface area contributed by atoms with Crippen LogP contribution in [0.3, 0.4) is 0 Å². The van der Waals surface area contributed by atoms with Crippen molar-refractivity contribution in [2.75, 3.05) is 0 Å². The van der Waals surface area contributed by atoms with Gasteiger partial charge in [0.2, 0.25) is 0 Å². The summed E-state index contributed by atoms with van der Waals surface area (Å²) in [5, 5.41) is 2.70. The Labute approximate surface area is 62.0 Å². The van der Waals surface area contributed by atoms with Gasteiger partial charge in [-0.1, -0.05) is 6.92 Å². The summed E-state index contributed by atoms with van der Waals surface area (Å²) in [6.07, 6.45) is 6.52. The van der Waals surface area contributed by atoms with Gasteiger partial charge in [0.15, 0.2) is 0 Å². The van der Waals surface area contributed by atoms with Crippen LogP contribution in [0.4, 0.5) is 0 Å². The number of carbonyl (C=O) groups excluding carboxylic acids is 1. The quantitative estimate of drug-likeness (QED) is 0.574. The highest BCUT2D eigenvalue weighted by molar-refractivity contribution is 5.47. The summed E-state index contributed by atoms with van der Waals surface area (Å²) in [6.45, 7) is 2.26. The van der Waals surface area contributed by atoms with Crippen LogP contribution in [0.5, 0.6) is 0 Å². The van der Waals surface area contributed by atoms with Gasteiger partial charge in [-0.2, -0.15) is 0 Å². The maximum atomic E-state index is 9.92. The number of rotatable bonds is 2. The average Bonchev–Trinajstić information content (AvgIpc) is 1.95. The molecule has 0 atom stereocenters. The lowest BCUT2D eigenvalue weighted by Gasteiger charge is -2.24. The zero-order valence-electron chi connectivity index (χ0n) is 6.39. The first-order valence-corrected chi connectivity index (χ1v) is 3.95. The van der Waals surface area contributed by atoms with Gasteiger partial charge in [0, 0.05) is 6.04 Å². The molecule has 10 heavy (non-hydrogen) atoms. The summed E-state index contributed by atoms with van der Waals surface area (Å²) >= 11 is 0. The van der Waals surface area contributed by atoms with Gasteiger partial charge >= 0.3 is 6.41 Å². The molecule has 0 unspecified atom stereocenters. The van der Waals surface area contributed by atoms with Gasteiger partial charge in [-0.25, -0.2) is 0 Å². The normalized spacial score (nSPS) is 33.3. The Morgan fingerprint density at radius 1 is 1.30 bits per heavy atom. The number of hydrogen-bond acceptors (Lipinski definition) is 1. The zero-order chi connectivity index (χ0) is 7.40. The molecule has 1 rings (SSSR count). The monoisotopic (exact) mass is 140 g/mol. The summed E-state index contributed by atoms with van der Waals surface area (Å²) in [4.78, 5) is 9.92. The molecule has 0 heterocycles. The summed E-state index contributed by atoms with van der Waals surface area (Å²) in [5.41, 5.74) is 0. The summed E-state index contributed by atoms with van der Waals surface area (Å²) in [5.74, 6) is 0.852. The third-order valence-electron chi connectivity index (χ3n) is 2.28. The molecular formula is C8H14NO. The maximum Gasteiger partial charge on any atom is 0.309 e. The van der Waals surface area contributed by atoms with Crippen molar-refractivity contribution in [3.8, 4) is 0 Å². The Balaban J connectivity index is 2.19. The molecule has 0 aromatic rings. The molecule has 0 aliphatic heterocycles. The lowest BCUT2D eigenvalue weighted by molar-refractivity contribution is 0.327. The Bertz CT molecular complexity index is 106. The van der Waals surface area contributed by atoms with E-state index in [1.807, 2.05) is 0 Å². The number of nitrogens with one attached hydrogen (secondary N) is 1. The maximum absolute atomic E-state index is 9.92. The molecular weight excluding hydrogens is 126 g/mol. The standard InChI is InChI=1S/C8H14NO/c1-7-2-4-8(5-3-7)9-6-10/h7-8H,2-5H2,1H3,(H,9,10). The van der Waals surface area contributed by atoms with Gasteiger partial charge in [-0.3, -0.25) is 4.79 Å². The Kier molecular flexibility index (Phi) is 2.72. The SMILES string of the molecule is CC1CCC(N[C]=O)CC1. The third-order valence-corrected chi connectivity index (χ3v) is 2.28. The van der Waals surface area contributed by atoms with Crippen molar-refractivity contribution < 1.29 is 4.79 Å². The molecule has 2 nitrogen and oxygen atoms in total. The molecule has 0 saturated heterocycles. The van der Waals surface area contributed by atoms with Crippen molar-refractivity contribution in [2.45, 2.75) is 38.6 Å². The molecule has 1 aliphatic rings. The predicted molar refractivity (Wildman–Crippen MR) is 40.2 cm³/mol. The molecule has 0 aromatic carbocycles. The lowest BCUT2D eigenvalue weighted by Crippen LogP contribution is -2.31. The minimum Gasteiger partial charge on any atom is -0.345 e. The number of hydrogen-bond donors (Lipinski definition) is 1. The highest BCUT2D eigenvalue weighted by atomic mass is 16.1. The fourth-order valence-electron chi connectivity index (χ4n) is 1.49. The molecule has 1 aliphatic carbocycles. The van der Waals surface area contributed by atoms with E-state index in [0.717, 1.165) is 18.8 Å². The van der Waals surface area contributed by atoms with Crippen molar-refractivity contribution in [1.82, 2.24) is 5.32 Å². The van der Waals surface area contributed by atoms with E-state index in [1.165, 1.54) is 12.8 Å². The van der Waals surface area contributed by atoms with Crippen LogP contribution < -0.4 is 5.32 Å². The van der Waals surface area contributed by atoms with Crippen LogP contribution in [-0.2, 0) is 4.79 Å². The van der Waals surface area contributed by atoms with Crippen LogP contribution in [0.1, 0.15) is 32.6 Å². The molecule has 0 spiro atoms. The molecule has 1 amide bonds. The highest BCUT2D eigenvalue weighted by Crippen LogP contribution is 2.22. The van der Waals surface area contributed by atoms with Crippen LogP contribution in [0, 0.1) is 5.92 Å². The Hall–Kier alpha value is -0.530. The van der Waals surface area contributed by atoms with Crippen LogP contribution in [-0.4, -0.2) is 12.5 Å². The van der Waals surface area contributed by atoms with E-state index >= 15 is 0 Å². The lowest BCUT2D eigenvalue weighted by atomic mass is 9.87. The van der Waals surface area contributed by atoms with Gasteiger partial charge in [0.25, 0.3) is 0 Å². The van der Waals surface area contributed by atoms with Gasteiger partial charge < -0.3 is 5.32 Å². The minimum absolute atomic E-state index is 0.411. The summed E-state index contributed by atoms with van der Waals surface area (Å²) in [7, 11) is 0. The number of amides is 1. The van der Waals surface area contributed by atoms with Gasteiger partial charge in [-0.05, 0) is 31.6 Å². The second-order valence-corrected chi connectivity index (χ2v) is 3.20. The van der Waals surface area contributed by atoms with Crippen LogP contribution in [0.25, 0.3) is 0 Å². The molecule has 0 aromatic heterocycles. The van der Waals surface area contributed by atoms with Crippen molar-refractivity contribution >= 4 is 6.41 Å². The van der Waals surface area contributed by atoms with E-state index in [0.29, 0.717) is 6.04 Å². The van der Waals surface area contributed by atoms with Crippen LogP contribution in [0.15, 0.2) is 0 Å². The molecule has 1 N–H and O–H groups in total. The van der Waals surface area contributed by atoms with Crippen molar-refractivity contribution in [2.24, 2.45) is 5.92 Å². The first-order valence-electron chi connectivity index (χ1n) is 3.95. The molecule has 0 bridgehead atoms. The molecule has 1 fully saturated rings. The highest BCUT2D eigenvalue weighted by Gasteiger charge is 2.16. The van der Waals surface area contributed by atoms with E-state index in [-0.39, 0.29) is 0 Å². The van der Waals surface area contributed by atoms with E-state index in [9.17, 15) is 4.79 Å². The van der Waals surface area contributed by atoms with E-state index < -0.39 is 0 Å². The van der Waals surface area contributed by atoms with Gasteiger partial charge in [0.1, 0.15) is 0 Å². The van der Waals surface area contributed by atoms with Crippen LogP contribution in [0.2, 0.25) is 0 Å². The molecule has 2 heteroatoms. The van der Waals surface area contributed by atoms with Crippen molar-refractivity contribution in [3.05, 3.63) is 0 Å². The largest absolute Gasteiger partial charge is 0.345 e. The topological polar surface area (TPSA) is 29.1 Å². The minimum atomic E-state index is 0.411. The molecule has 1 radical (unpaired) electrons. The first kappa shape index (κ1) is 7.58. The Morgan fingerprint density at radius 2 is 1.90 bits per heavy atom. The summed E-state index contributed by atoms with van der Waals surface area (Å²) in [6, 6.07) is 0.411. The fourth-order valence-corrected chi connectivity index (χ4v) is 1.49. The van der Waals surface area contributed by atoms with E-state index in [2.05, 4.69) is 12.2 Å². The second kappa shape index (κ2) is 3.59. The summed E-state index contributed by atoms with van der Waals surface area (Å²) < 4.78 is 0. The smallest absolute Gasteiger partial charge is 0.309 e. The third kappa shape index (κ3) is 2.01. The van der Waals surface area contributed by atoms with Gasteiger partial charge in [0.05, 0.1) is 0 Å². The second-order valence-electron chi connectivity index (χ2n) is 3.20. The van der Waals surface area contributed by atoms with Crippen LogP contribution >= 0.6 is 0 Å². The van der Waals surface area contributed by atoms with Crippen molar-refractivity contribution in [1.29, 1.82) is 0 Å².